The third-order valence-corrected chi connectivity index (χ3v) is 3.84. The Morgan fingerprint density at radius 3 is 2.85 bits per heavy atom. The van der Waals surface area contributed by atoms with Crippen LogP contribution in [0.5, 0.6) is 0 Å². The van der Waals surface area contributed by atoms with Crippen molar-refractivity contribution in [1.29, 1.82) is 0 Å². The molecular formula is C12H10ClN5OS. The Balaban J connectivity index is 2.10. The van der Waals surface area contributed by atoms with Crippen LogP contribution in [0.15, 0.2) is 24.3 Å². The van der Waals surface area contributed by atoms with Gasteiger partial charge in [0.25, 0.3) is 5.91 Å². The summed E-state index contributed by atoms with van der Waals surface area (Å²) in [5.41, 5.74) is 0.885. The van der Waals surface area contributed by atoms with E-state index < -0.39 is 0 Å². The van der Waals surface area contributed by atoms with Gasteiger partial charge in [-0.15, -0.1) is 10.2 Å². The average Bonchev–Trinajstić information content (AvgIpc) is 2.97. The number of hydrogen-bond acceptors (Lipinski definition) is 5. The normalized spacial score (nSPS) is 10.9. The lowest BCUT2D eigenvalue weighted by molar-refractivity contribution is 0.0813. The van der Waals surface area contributed by atoms with Gasteiger partial charge in [-0.2, -0.15) is 9.61 Å². The molecule has 0 saturated carbocycles. The van der Waals surface area contributed by atoms with Crippen molar-refractivity contribution in [1.82, 2.24) is 24.7 Å². The van der Waals surface area contributed by atoms with Gasteiger partial charge in [0, 0.05) is 24.7 Å². The Hall–Kier alpha value is -1.99. The molecule has 0 fully saturated rings. The van der Waals surface area contributed by atoms with Gasteiger partial charge in [0.15, 0.2) is 0 Å². The zero-order valence-corrected chi connectivity index (χ0v) is 12.3. The minimum absolute atomic E-state index is 0.203. The Morgan fingerprint density at radius 2 is 2.15 bits per heavy atom. The Labute approximate surface area is 123 Å². The van der Waals surface area contributed by atoms with Crippen molar-refractivity contribution in [3.05, 3.63) is 35.1 Å². The first-order valence-electron chi connectivity index (χ1n) is 5.76. The average molecular weight is 308 g/mol. The van der Waals surface area contributed by atoms with E-state index in [0.29, 0.717) is 9.98 Å². The predicted molar refractivity (Wildman–Crippen MR) is 77.1 cm³/mol. The van der Waals surface area contributed by atoms with Crippen molar-refractivity contribution in [2.45, 2.75) is 0 Å². The number of carbonyl (C=O) groups is 1. The molecule has 0 aliphatic heterocycles. The van der Waals surface area contributed by atoms with E-state index >= 15 is 0 Å². The molecule has 0 unspecified atom stereocenters. The summed E-state index contributed by atoms with van der Waals surface area (Å²) in [5, 5.41) is 13.6. The number of amides is 1. The SMILES string of the molecule is CN(C)C(=O)c1nnc2sc(-c3cccc(Cl)c3)nn12. The van der Waals surface area contributed by atoms with Crippen molar-refractivity contribution in [2.24, 2.45) is 0 Å². The molecule has 0 aliphatic rings. The van der Waals surface area contributed by atoms with Crippen LogP contribution in [0, 0.1) is 0 Å². The van der Waals surface area contributed by atoms with Crippen molar-refractivity contribution < 1.29 is 4.79 Å². The van der Waals surface area contributed by atoms with Gasteiger partial charge in [-0.1, -0.05) is 35.1 Å². The summed E-state index contributed by atoms with van der Waals surface area (Å²) in [4.78, 5) is 14.0. The van der Waals surface area contributed by atoms with Crippen molar-refractivity contribution in [3.63, 3.8) is 0 Å². The van der Waals surface area contributed by atoms with Gasteiger partial charge in [0.2, 0.25) is 10.8 Å². The Bertz CT molecular complexity index is 794. The molecule has 1 amide bonds. The molecule has 0 bridgehead atoms. The van der Waals surface area contributed by atoms with E-state index in [0.717, 1.165) is 10.6 Å². The monoisotopic (exact) mass is 307 g/mol. The van der Waals surface area contributed by atoms with Gasteiger partial charge in [0.05, 0.1) is 0 Å². The number of rotatable bonds is 2. The smallest absolute Gasteiger partial charge is 0.293 e. The molecule has 6 nitrogen and oxygen atoms in total. The molecule has 0 N–H and O–H groups in total. The summed E-state index contributed by atoms with van der Waals surface area (Å²) >= 11 is 7.33. The summed E-state index contributed by atoms with van der Waals surface area (Å²) in [5.74, 6) is -0.0324. The molecule has 2 aromatic heterocycles. The van der Waals surface area contributed by atoms with Crippen LogP contribution < -0.4 is 0 Å². The zero-order valence-electron chi connectivity index (χ0n) is 10.7. The van der Waals surface area contributed by atoms with Crippen LogP contribution in [0.2, 0.25) is 5.02 Å². The van der Waals surface area contributed by atoms with E-state index in [1.54, 1.807) is 20.2 Å². The second-order valence-electron chi connectivity index (χ2n) is 4.34. The number of aromatic nitrogens is 4. The summed E-state index contributed by atoms with van der Waals surface area (Å²) in [6.07, 6.45) is 0. The molecule has 8 heteroatoms. The lowest BCUT2D eigenvalue weighted by Crippen LogP contribution is -2.24. The molecule has 102 valence electrons. The molecule has 0 spiro atoms. The molecule has 20 heavy (non-hydrogen) atoms. The van der Waals surface area contributed by atoms with Crippen LogP contribution in [0.3, 0.4) is 0 Å². The maximum atomic E-state index is 12.0. The zero-order chi connectivity index (χ0) is 14.3. The third-order valence-electron chi connectivity index (χ3n) is 2.66. The highest BCUT2D eigenvalue weighted by atomic mass is 35.5. The summed E-state index contributed by atoms with van der Waals surface area (Å²) in [6.45, 7) is 0. The largest absolute Gasteiger partial charge is 0.342 e. The maximum absolute atomic E-state index is 12.0. The second kappa shape index (κ2) is 4.84. The fourth-order valence-electron chi connectivity index (χ4n) is 1.69. The number of nitrogens with zero attached hydrogens (tertiary/aromatic N) is 5. The standard InChI is InChI=1S/C12H10ClN5OS/c1-17(2)11(19)9-14-15-12-18(9)16-10(20-12)7-4-3-5-8(13)6-7/h3-6H,1-2H3. The van der Waals surface area contributed by atoms with Gasteiger partial charge in [-0.3, -0.25) is 4.79 Å². The predicted octanol–water partition coefficient (Wildman–Crippen LogP) is 2.21. The van der Waals surface area contributed by atoms with Crippen LogP contribution in [0.1, 0.15) is 10.6 Å². The Kier molecular flexibility index (Phi) is 3.15. The molecule has 0 radical (unpaired) electrons. The van der Waals surface area contributed by atoms with Gasteiger partial charge in [-0.25, -0.2) is 0 Å². The van der Waals surface area contributed by atoms with Gasteiger partial charge >= 0.3 is 0 Å². The molecule has 2 heterocycles. The van der Waals surface area contributed by atoms with Crippen LogP contribution in [0.4, 0.5) is 0 Å². The number of hydrogen-bond donors (Lipinski definition) is 0. The van der Waals surface area contributed by atoms with Crippen molar-refractivity contribution in [2.75, 3.05) is 14.1 Å². The maximum Gasteiger partial charge on any atom is 0.293 e. The number of halogens is 1. The minimum Gasteiger partial charge on any atom is -0.342 e. The summed E-state index contributed by atoms with van der Waals surface area (Å²) in [6, 6.07) is 7.38. The van der Waals surface area contributed by atoms with E-state index in [-0.39, 0.29) is 11.7 Å². The van der Waals surface area contributed by atoms with E-state index in [1.807, 2.05) is 18.2 Å². The van der Waals surface area contributed by atoms with Gasteiger partial charge in [-0.05, 0) is 12.1 Å². The van der Waals surface area contributed by atoms with Gasteiger partial charge in [0.1, 0.15) is 5.01 Å². The topological polar surface area (TPSA) is 63.4 Å². The van der Waals surface area contributed by atoms with Gasteiger partial charge < -0.3 is 4.90 Å². The first kappa shape index (κ1) is 13.0. The van der Waals surface area contributed by atoms with E-state index in [2.05, 4.69) is 15.3 Å². The summed E-state index contributed by atoms with van der Waals surface area (Å²) < 4.78 is 1.46. The molecule has 1 aromatic carbocycles. The highest BCUT2D eigenvalue weighted by Gasteiger charge is 2.20. The van der Waals surface area contributed by atoms with E-state index in [4.69, 9.17) is 11.6 Å². The first-order valence-corrected chi connectivity index (χ1v) is 6.95. The van der Waals surface area contributed by atoms with Crippen molar-refractivity contribution >= 4 is 33.8 Å². The van der Waals surface area contributed by atoms with Crippen LogP contribution in [0.25, 0.3) is 15.5 Å². The quantitative estimate of drug-likeness (QED) is 0.728. The molecular weight excluding hydrogens is 298 g/mol. The molecule has 3 aromatic rings. The lowest BCUT2D eigenvalue weighted by Gasteiger charge is -2.06. The van der Waals surface area contributed by atoms with Crippen LogP contribution in [-0.4, -0.2) is 44.7 Å². The number of fused-ring (bicyclic) bond motifs is 1. The third kappa shape index (κ3) is 2.14. The number of benzene rings is 1. The van der Waals surface area contributed by atoms with Crippen LogP contribution in [-0.2, 0) is 0 Å². The minimum atomic E-state index is -0.236. The van der Waals surface area contributed by atoms with E-state index in [1.165, 1.54) is 20.8 Å². The lowest BCUT2D eigenvalue weighted by atomic mass is 10.2. The second-order valence-corrected chi connectivity index (χ2v) is 5.73. The fourth-order valence-corrected chi connectivity index (χ4v) is 2.71. The first-order chi connectivity index (χ1) is 9.56. The molecule has 0 aliphatic carbocycles. The molecule has 3 rings (SSSR count). The molecule has 0 saturated heterocycles. The fraction of sp³-hybridized carbons (Fsp3) is 0.167. The van der Waals surface area contributed by atoms with Crippen LogP contribution >= 0.6 is 22.9 Å². The molecule has 0 atom stereocenters. The van der Waals surface area contributed by atoms with E-state index in [9.17, 15) is 4.79 Å². The Morgan fingerprint density at radius 1 is 1.35 bits per heavy atom. The van der Waals surface area contributed by atoms with Crippen molar-refractivity contribution in [3.8, 4) is 10.6 Å². The summed E-state index contributed by atoms with van der Waals surface area (Å²) in [7, 11) is 3.32. The highest BCUT2D eigenvalue weighted by molar-refractivity contribution is 7.19. The highest BCUT2D eigenvalue weighted by Crippen LogP contribution is 2.27. The number of carbonyl (C=O) groups excluding carboxylic acids is 1.